The lowest BCUT2D eigenvalue weighted by Crippen LogP contribution is -2.69. The van der Waals surface area contributed by atoms with Crippen LogP contribution in [0.4, 0.5) is 4.39 Å². The molecule has 3 atom stereocenters. The second kappa shape index (κ2) is 7.20. The van der Waals surface area contributed by atoms with E-state index in [0.29, 0.717) is 11.1 Å². The third-order valence-electron chi connectivity index (χ3n) is 5.01. The minimum Gasteiger partial charge on any atom is -0.342 e. The lowest BCUT2D eigenvalue weighted by atomic mass is 9.84. The number of nitrogens with one attached hydrogen (secondary N) is 2. The maximum absolute atomic E-state index is 13.1. The van der Waals surface area contributed by atoms with Crippen molar-refractivity contribution in [2.24, 2.45) is 0 Å². The average Bonchev–Trinajstić information content (AvgIpc) is 2.66. The van der Waals surface area contributed by atoms with Crippen molar-refractivity contribution < 1.29 is 14.0 Å². The molecule has 3 unspecified atom stereocenters. The van der Waals surface area contributed by atoms with E-state index in [1.807, 2.05) is 6.92 Å². The van der Waals surface area contributed by atoms with Gasteiger partial charge < -0.3 is 10.6 Å². The zero-order valence-corrected chi connectivity index (χ0v) is 15.1. The Balaban J connectivity index is 1.80. The molecule has 6 heteroatoms. The Labute approximate surface area is 157 Å². The number of piperazine rings is 1. The van der Waals surface area contributed by atoms with Crippen molar-refractivity contribution in [3.63, 3.8) is 0 Å². The molecule has 0 saturated carbocycles. The second-order valence-corrected chi connectivity index (χ2v) is 7.06. The largest absolute Gasteiger partial charge is 0.342 e. The van der Waals surface area contributed by atoms with Crippen LogP contribution in [0.3, 0.4) is 0 Å². The molecule has 2 amide bonds. The zero-order chi connectivity index (χ0) is 19.6. The summed E-state index contributed by atoms with van der Waals surface area (Å²) in [5, 5.41) is 14.9. The van der Waals surface area contributed by atoms with Crippen molar-refractivity contribution in [2.45, 2.75) is 37.8 Å². The van der Waals surface area contributed by atoms with Gasteiger partial charge >= 0.3 is 0 Å². The van der Waals surface area contributed by atoms with E-state index in [1.165, 1.54) is 12.1 Å². The van der Waals surface area contributed by atoms with Crippen molar-refractivity contribution in [3.05, 3.63) is 71.0 Å². The molecule has 0 aromatic heterocycles. The van der Waals surface area contributed by atoms with Crippen molar-refractivity contribution >= 4 is 11.8 Å². The maximum Gasteiger partial charge on any atom is 0.246 e. The van der Waals surface area contributed by atoms with E-state index in [1.54, 1.807) is 43.3 Å². The van der Waals surface area contributed by atoms with E-state index in [-0.39, 0.29) is 30.0 Å². The molecule has 1 fully saturated rings. The Bertz CT molecular complexity index is 920. The van der Waals surface area contributed by atoms with Crippen LogP contribution in [0, 0.1) is 17.1 Å². The van der Waals surface area contributed by atoms with Crippen LogP contribution in [-0.4, -0.2) is 23.4 Å². The molecule has 2 N–H and O–H groups in total. The SMILES string of the molecule is CC(c1ccccc1C#N)C1NC(=O)C(C)(Cc2ccc(F)cc2)NC1=O. The molecular formula is C21H20FN3O2. The first kappa shape index (κ1) is 18.6. The first-order chi connectivity index (χ1) is 12.8. The molecule has 1 aliphatic heterocycles. The summed E-state index contributed by atoms with van der Waals surface area (Å²) in [5.41, 5.74) is 0.810. The third kappa shape index (κ3) is 3.68. The van der Waals surface area contributed by atoms with Crippen LogP contribution in [0.15, 0.2) is 48.5 Å². The highest BCUT2D eigenvalue weighted by Gasteiger charge is 2.45. The fourth-order valence-corrected chi connectivity index (χ4v) is 3.43. The molecule has 0 bridgehead atoms. The Hall–Kier alpha value is -3.20. The first-order valence-electron chi connectivity index (χ1n) is 8.70. The first-order valence-corrected chi connectivity index (χ1v) is 8.70. The van der Waals surface area contributed by atoms with Gasteiger partial charge in [0.15, 0.2) is 0 Å². The van der Waals surface area contributed by atoms with E-state index >= 15 is 0 Å². The Morgan fingerprint density at radius 2 is 1.85 bits per heavy atom. The predicted octanol–water partition coefficient (Wildman–Crippen LogP) is 2.42. The van der Waals surface area contributed by atoms with E-state index in [9.17, 15) is 19.2 Å². The van der Waals surface area contributed by atoms with Gasteiger partial charge in [-0.25, -0.2) is 4.39 Å². The molecule has 1 heterocycles. The molecule has 2 aromatic carbocycles. The van der Waals surface area contributed by atoms with Crippen LogP contribution in [0.25, 0.3) is 0 Å². The number of nitrogens with zero attached hydrogens (tertiary/aromatic N) is 1. The van der Waals surface area contributed by atoms with Crippen molar-refractivity contribution in [2.75, 3.05) is 0 Å². The monoisotopic (exact) mass is 365 g/mol. The molecule has 2 aromatic rings. The normalized spacial score (nSPS) is 23.1. The number of benzene rings is 2. The zero-order valence-electron chi connectivity index (χ0n) is 15.1. The van der Waals surface area contributed by atoms with Gasteiger partial charge in [0.25, 0.3) is 0 Å². The molecule has 138 valence electrons. The van der Waals surface area contributed by atoms with Crippen LogP contribution in [0.5, 0.6) is 0 Å². The second-order valence-electron chi connectivity index (χ2n) is 7.06. The fraction of sp³-hybridized carbons (Fsp3) is 0.286. The summed E-state index contributed by atoms with van der Waals surface area (Å²) in [6.07, 6.45) is 0.251. The number of rotatable bonds is 4. The predicted molar refractivity (Wildman–Crippen MR) is 98.2 cm³/mol. The minimum absolute atomic E-state index is 0.251. The molecule has 5 nitrogen and oxygen atoms in total. The Kier molecular flexibility index (Phi) is 4.95. The molecular weight excluding hydrogens is 345 g/mol. The van der Waals surface area contributed by atoms with Crippen molar-refractivity contribution in [1.29, 1.82) is 5.26 Å². The van der Waals surface area contributed by atoms with E-state index in [2.05, 4.69) is 16.7 Å². The Morgan fingerprint density at radius 3 is 2.52 bits per heavy atom. The number of carbonyl (C=O) groups is 2. The smallest absolute Gasteiger partial charge is 0.246 e. The van der Waals surface area contributed by atoms with Crippen LogP contribution in [0.2, 0.25) is 0 Å². The average molecular weight is 365 g/mol. The summed E-state index contributed by atoms with van der Waals surface area (Å²) in [7, 11) is 0. The van der Waals surface area contributed by atoms with Crippen molar-refractivity contribution in [3.8, 4) is 6.07 Å². The van der Waals surface area contributed by atoms with Gasteiger partial charge in [-0.2, -0.15) is 5.26 Å². The fourth-order valence-electron chi connectivity index (χ4n) is 3.43. The topological polar surface area (TPSA) is 82.0 Å². The number of amides is 2. The number of halogens is 1. The summed E-state index contributed by atoms with van der Waals surface area (Å²) < 4.78 is 13.1. The highest BCUT2D eigenvalue weighted by atomic mass is 19.1. The molecule has 1 saturated heterocycles. The third-order valence-corrected chi connectivity index (χ3v) is 5.01. The van der Waals surface area contributed by atoms with E-state index in [0.717, 1.165) is 5.56 Å². The lowest BCUT2D eigenvalue weighted by molar-refractivity contribution is -0.141. The molecule has 27 heavy (non-hydrogen) atoms. The summed E-state index contributed by atoms with van der Waals surface area (Å²) >= 11 is 0. The Morgan fingerprint density at radius 1 is 1.19 bits per heavy atom. The van der Waals surface area contributed by atoms with Gasteiger partial charge in [-0.15, -0.1) is 0 Å². The summed E-state index contributed by atoms with van der Waals surface area (Å²) in [6, 6.07) is 14.2. The number of hydrogen-bond donors (Lipinski definition) is 2. The van der Waals surface area contributed by atoms with Crippen LogP contribution in [-0.2, 0) is 16.0 Å². The van der Waals surface area contributed by atoms with Gasteiger partial charge in [0.1, 0.15) is 17.4 Å². The highest BCUT2D eigenvalue weighted by Crippen LogP contribution is 2.27. The highest BCUT2D eigenvalue weighted by molar-refractivity contribution is 6.00. The molecule has 0 aliphatic carbocycles. The number of hydrogen-bond acceptors (Lipinski definition) is 3. The van der Waals surface area contributed by atoms with E-state index < -0.39 is 11.6 Å². The van der Waals surface area contributed by atoms with Crippen molar-refractivity contribution in [1.82, 2.24) is 10.6 Å². The van der Waals surface area contributed by atoms with Gasteiger partial charge in [-0.3, -0.25) is 9.59 Å². The standard InChI is InChI=1S/C21H20FN3O2/c1-13(17-6-4-3-5-15(17)12-23)18-19(26)25-21(2,20(27)24-18)11-14-7-9-16(22)10-8-14/h3-10,13,18H,11H2,1-2H3,(H,24,27)(H,25,26). The van der Waals surface area contributed by atoms with Crippen LogP contribution in [0.1, 0.15) is 36.5 Å². The number of nitriles is 1. The maximum atomic E-state index is 13.1. The quantitative estimate of drug-likeness (QED) is 0.873. The molecule has 3 rings (SSSR count). The summed E-state index contributed by atoms with van der Waals surface area (Å²) in [6.45, 7) is 3.46. The summed E-state index contributed by atoms with van der Waals surface area (Å²) in [5.74, 6) is -1.33. The molecule has 0 radical (unpaired) electrons. The molecule has 1 aliphatic rings. The van der Waals surface area contributed by atoms with Gasteiger partial charge in [0.2, 0.25) is 11.8 Å². The van der Waals surface area contributed by atoms with Gasteiger partial charge in [-0.05, 0) is 36.2 Å². The van der Waals surface area contributed by atoms with Gasteiger partial charge in [-0.1, -0.05) is 37.3 Å². The van der Waals surface area contributed by atoms with Gasteiger partial charge in [0, 0.05) is 12.3 Å². The van der Waals surface area contributed by atoms with Gasteiger partial charge in [0.05, 0.1) is 11.6 Å². The summed E-state index contributed by atoms with van der Waals surface area (Å²) in [4.78, 5) is 25.5. The van der Waals surface area contributed by atoms with E-state index in [4.69, 9.17) is 0 Å². The lowest BCUT2D eigenvalue weighted by Gasteiger charge is -2.39. The van der Waals surface area contributed by atoms with Crippen LogP contribution < -0.4 is 10.6 Å². The minimum atomic E-state index is -1.13. The molecule has 0 spiro atoms. The van der Waals surface area contributed by atoms with Crippen LogP contribution >= 0.6 is 0 Å². The number of carbonyl (C=O) groups excluding carboxylic acids is 2.